The van der Waals surface area contributed by atoms with Crippen LogP contribution in [0.5, 0.6) is 0 Å². The molecular weight excluding hydrogens is 364 g/mol. The summed E-state index contributed by atoms with van der Waals surface area (Å²) in [7, 11) is 0. The Kier molecular flexibility index (Phi) is 6.81. The lowest BCUT2D eigenvalue weighted by Crippen LogP contribution is -2.39. The van der Waals surface area contributed by atoms with Gasteiger partial charge in [0, 0.05) is 35.3 Å². The molecule has 2 amide bonds. The van der Waals surface area contributed by atoms with Crippen LogP contribution in [0.25, 0.3) is 0 Å². The number of benzene rings is 2. The van der Waals surface area contributed by atoms with Gasteiger partial charge in [-0.2, -0.15) is 0 Å². The average Bonchev–Trinajstić information content (AvgIpc) is 2.75. The first-order valence-corrected chi connectivity index (χ1v) is 10.3. The van der Waals surface area contributed by atoms with Gasteiger partial charge in [0.15, 0.2) is 5.78 Å². The maximum Gasteiger partial charge on any atom is 0.230 e. The molecule has 152 valence electrons. The van der Waals surface area contributed by atoms with Gasteiger partial charge in [-0.1, -0.05) is 30.3 Å². The average molecular weight is 392 g/mol. The fraction of sp³-hybridized carbons (Fsp3) is 0.375. The molecule has 0 spiro atoms. The van der Waals surface area contributed by atoms with Gasteiger partial charge in [0.2, 0.25) is 11.8 Å². The zero-order valence-corrected chi connectivity index (χ0v) is 17.1. The standard InChI is InChI=1S/C24H28N2O3/c1-3-26(22-10-5-4-6-11-22)24(29)19-14-12-18(13-15-19)23(28)25-21-9-7-8-20(16-21)17(2)27/h4-11,16,18-19H,3,12-15H2,1-2H3,(H,25,28). The summed E-state index contributed by atoms with van der Waals surface area (Å²) in [4.78, 5) is 39.0. The molecule has 2 aromatic rings. The molecule has 1 fully saturated rings. The second-order valence-electron chi connectivity index (χ2n) is 7.59. The van der Waals surface area contributed by atoms with Crippen LogP contribution in [0.4, 0.5) is 11.4 Å². The largest absolute Gasteiger partial charge is 0.326 e. The topological polar surface area (TPSA) is 66.5 Å². The Hall–Kier alpha value is -2.95. The molecule has 5 heteroatoms. The summed E-state index contributed by atoms with van der Waals surface area (Å²) >= 11 is 0. The monoisotopic (exact) mass is 392 g/mol. The first kappa shape index (κ1) is 20.8. The minimum absolute atomic E-state index is 0.0287. The highest BCUT2D eigenvalue weighted by atomic mass is 16.2. The molecule has 0 bridgehead atoms. The van der Waals surface area contributed by atoms with E-state index in [1.807, 2.05) is 42.2 Å². The normalized spacial score (nSPS) is 18.7. The van der Waals surface area contributed by atoms with Crippen LogP contribution in [0.15, 0.2) is 54.6 Å². The molecule has 2 aromatic carbocycles. The van der Waals surface area contributed by atoms with Crippen LogP contribution in [0.2, 0.25) is 0 Å². The predicted octanol–water partition coefficient (Wildman–Crippen LogP) is 4.69. The van der Waals surface area contributed by atoms with E-state index in [1.54, 1.807) is 24.3 Å². The van der Waals surface area contributed by atoms with Crippen molar-refractivity contribution in [3.05, 3.63) is 60.2 Å². The van der Waals surface area contributed by atoms with Gasteiger partial charge < -0.3 is 10.2 Å². The molecule has 0 heterocycles. The summed E-state index contributed by atoms with van der Waals surface area (Å²) < 4.78 is 0. The number of hydrogen-bond donors (Lipinski definition) is 1. The van der Waals surface area contributed by atoms with Crippen LogP contribution in [0.3, 0.4) is 0 Å². The molecule has 3 rings (SSSR count). The maximum atomic E-state index is 13.0. The third-order valence-electron chi connectivity index (χ3n) is 5.63. The van der Waals surface area contributed by atoms with Crippen molar-refractivity contribution in [1.29, 1.82) is 0 Å². The molecule has 0 atom stereocenters. The molecule has 0 aliphatic heterocycles. The van der Waals surface area contributed by atoms with E-state index < -0.39 is 0 Å². The van der Waals surface area contributed by atoms with Crippen molar-refractivity contribution in [1.82, 2.24) is 0 Å². The number of carbonyl (C=O) groups is 3. The quantitative estimate of drug-likeness (QED) is 0.726. The summed E-state index contributed by atoms with van der Waals surface area (Å²) in [6.07, 6.45) is 2.82. The lowest BCUT2D eigenvalue weighted by Gasteiger charge is -2.31. The van der Waals surface area contributed by atoms with Crippen LogP contribution in [-0.2, 0) is 9.59 Å². The minimum atomic E-state index is -0.105. The maximum absolute atomic E-state index is 13.0. The summed E-state index contributed by atoms with van der Waals surface area (Å²) in [5, 5.41) is 2.92. The molecule has 0 aromatic heterocycles. The van der Waals surface area contributed by atoms with Crippen LogP contribution >= 0.6 is 0 Å². The van der Waals surface area contributed by atoms with E-state index in [1.165, 1.54) is 6.92 Å². The van der Waals surface area contributed by atoms with Crippen molar-refractivity contribution in [3.8, 4) is 0 Å². The third-order valence-corrected chi connectivity index (χ3v) is 5.63. The van der Waals surface area contributed by atoms with Crippen LogP contribution in [0.1, 0.15) is 49.9 Å². The number of carbonyl (C=O) groups excluding carboxylic acids is 3. The molecule has 29 heavy (non-hydrogen) atoms. The minimum Gasteiger partial charge on any atom is -0.326 e. The molecule has 0 saturated heterocycles. The highest BCUT2D eigenvalue weighted by molar-refractivity contribution is 5.98. The zero-order chi connectivity index (χ0) is 20.8. The number of anilines is 2. The molecule has 1 saturated carbocycles. The van der Waals surface area contributed by atoms with Gasteiger partial charge in [-0.15, -0.1) is 0 Å². The van der Waals surface area contributed by atoms with Crippen LogP contribution in [0, 0.1) is 11.8 Å². The Balaban J connectivity index is 1.57. The molecule has 1 N–H and O–H groups in total. The molecule has 1 aliphatic rings. The molecule has 5 nitrogen and oxygen atoms in total. The number of amides is 2. The van der Waals surface area contributed by atoms with Crippen LogP contribution in [-0.4, -0.2) is 24.1 Å². The van der Waals surface area contributed by atoms with E-state index in [2.05, 4.69) is 5.32 Å². The smallest absolute Gasteiger partial charge is 0.230 e. The highest BCUT2D eigenvalue weighted by Gasteiger charge is 2.32. The van der Waals surface area contributed by atoms with Crippen LogP contribution < -0.4 is 10.2 Å². The number of nitrogens with one attached hydrogen (secondary N) is 1. The van der Waals surface area contributed by atoms with Crippen molar-refractivity contribution >= 4 is 29.0 Å². The number of rotatable bonds is 6. The predicted molar refractivity (Wildman–Crippen MR) is 115 cm³/mol. The second-order valence-corrected chi connectivity index (χ2v) is 7.59. The summed E-state index contributed by atoms with van der Waals surface area (Å²) in [6, 6.07) is 16.7. The van der Waals surface area contributed by atoms with Gasteiger partial charge in [0.05, 0.1) is 0 Å². The molecule has 0 radical (unpaired) electrons. The number of Topliss-reactive ketones (excluding diaryl/α,β-unsaturated/α-hetero) is 1. The van der Waals surface area contributed by atoms with Crippen molar-refractivity contribution in [3.63, 3.8) is 0 Å². The highest BCUT2D eigenvalue weighted by Crippen LogP contribution is 2.32. The Morgan fingerprint density at radius 3 is 2.21 bits per heavy atom. The number of para-hydroxylation sites is 1. The number of nitrogens with zero attached hydrogens (tertiary/aromatic N) is 1. The summed E-state index contributed by atoms with van der Waals surface area (Å²) in [6.45, 7) is 4.13. The fourth-order valence-corrected chi connectivity index (χ4v) is 3.96. The first-order chi connectivity index (χ1) is 14.0. The van der Waals surface area contributed by atoms with Gasteiger partial charge in [-0.25, -0.2) is 0 Å². The summed E-state index contributed by atoms with van der Waals surface area (Å²) in [5.74, 6) is -0.0650. The van der Waals surface area contributed by atoms with Crippen molar-refractivity contribution in [2.24, 2.45) is 11.8 Å². The van der Waals surface area contributed by atoms with Crippen molar-refractivity contribution in [2.75, 3.05) is 16.8 Å². The van der Waals surface area contributed by atoms with Crippen molar-refractivity contribution in [2.45, 2.75) is 39.5 Å². The Labute approximate surface area is 172 Å². The lowest BCUT2D eigenvalue weighted by molar-refractivity contribution is -0.126. The number of hydrogen-bond acceptors (Lipinski definition) is 3. The van der Waals surface area contributed by atoms with E-state index in [4.69, 9.17) is 0 Å². The lowest BCUT2D eigenvalue weighted by atomic mass is 9.80. The molecule has 0 unspecified atom stereocenters. The SMILES string of the molecule is CCN(C(=O)C1CCC(C(=O)Nc2cccc(C(C)=O)c2)CC1)c1ccccc1. The van der Waals surface area contributed by atoms with Gasteiger partial charge >= 0.3 is 0 Å². The Morgan fingerprint density at radius 2 is 1.59 bits per heavy atom. The van der Waals surface area contributed by atoms with Gasteiger partial charge in [0.1, 0.15) is 0 Å². The van der Waals surface area contributed by atoms with E-state index in [0.717, 1.165) is 5.69 Å². The van der Waals surface area contributed by atoms with Crippen molar-refractivity contribution < 1.29 is 14.4 Å². The van der Waals surface area contributed by atoms with E-state index in [0.29, 0.717) is 43.5 Å². The van der Waals surface area contributed by atoms with Gasteiger partial charge in [0.25, 0.3) is 0 Å². The molecule has 1 aliphatic carbocycles. The van der Waals surface area contributed by atoms with E-state index >= 15 is 0 Å². The Bertz CT molecular complexity index is 871. The summed E-state index contributed by atoms with van der Waals surface area (Å²) in [5.41, 5.74) is 2.14. The van der Waals surface area contributed by atoms with Gasteiger partial charge in [-0.05, 0) is 63.8 Å². The van der Waals surface area contributed by atoms with E-state index in [-0.39, 0.29) is 29.4 Å². The first-order valence-electron chi connectivity index (χ1n) is 10.3. The third kappa shape index (κ3) is 5.11. The Morgan fingerprint density at radius 1 is 0.931 bits per heavy atom. The van der Waals surface area contributed by atoms with Gasteiger partial charge in [-0.3, -0.25) is 14.4 Å². The fourth-order valence-electron chi connectivity index (χ4n) is 3.96. The number of ketones is 1. The zero-order valence-electron chi connectivity index (χ0n) is 17.1. The van der Waals surface area contributed by atoms with E-state index in [9.17, 15) is 14.4 Å². The second kappa shape index (κ2) is 9.50. The molecular formula is C24H28N2O3.